The molecule has 1 unspecified atom stereocenters. The molecule has 3 fully saturated rings. The van der Waals surface area contributed by atoms with Gasteiger partial charge in [-0.05, 0) is 37.0 Å². The number of guanidine groups is 1. The molecule has 0 aromatic carbocycles. The van der Waals surface area contributed by atoms with E-state index in [9.17, 15) is 4.79 Å². The van der Waals surface area contributed by atoms with Crippen LogP contribution in [0, 0.1) is 16.7 Å². The molecular weight excluding hydrogens is 300 g/mol. The maximum atomic E-state index is 11.7. The number of nitrogens with one attached hydrogen (secondary N) is 2. The standard InChI is InChI=1S/C19H34N4O/c1-18(2,15-7-4-5-8-15)12-22-17(20-3)23-10-6-9-19(14-23)11-16(24)21-13-19/h15H,4-14H2,1-3H3,(H,20,22)(H,21,24). The van der Waals surface area contributed by atoms with Crippen molar-refractivity contribution < 1.29 is 4.79 Å². The van der Waals surface area contributed by atoms with Crippen LogP contribution in [0.25, 0.3) is 0 Å². The summed E-state index contributed by atoms with van der Waals surface area (Å²) in [6.45, 7) is 8.56. The van der Waals surface area contributed by atoms with Gasteiger partial charge in [-0.3, -0.25) is 9.79 Å². The Hall–Kier alpha value is -1.26. The quantitative estimate of drug-likeness (QED) is 0.615. The summed E-state index contributed by atoms with van der Waals surface area (Å²) in [4.78, 5) is 18.6. The maximum Gasteiger partial charge on any atom is 0.220 e. The van der Waals surface area contributed by atoms with Crippen molar-refractivity contribution in [1.82, 2.24) is 15.5 Å². The van der Waals surface area contributed by atoms with Gasteiger partial charge in [-0.1, -0.05) is 26.7 Å². The molecule has 5 heteroatoms. The molecule has 136 valence electrons. The van der Waals surface area contributed by atoms with E-state index >= 15 is 0 Å². The lowest BCUT2D eigenvalue weighted by atomic mass is 9.77. The van der Waals surface area contributed by atoms with Gasteiger partial charge in [-0.25, -0.2) is 0 Å². The monoisotopic (exact) mass is 334 g/mol. The summed E-state index contributed by atoms with van der Waals surface area (Å²) in [7, 11) is 1.88. The third kappa shape index (κ3) is 3.70. The summed E-state index contributed by atoms with van der Waals surface area (Å²) in [6, 6.07) is 0. The molecule has 2 N–H and O–H groups in total. The van der Waals surface area contributed by atoms with Crippen molar-refractivity contribution in [2.24, 2.45) is 21.7 Å². The predicted molar refractivity (Wildman–Crippen MR) is 98.0 cm³/mol. The first kappa shape index (κ1) is 17.6. The maximum absolute atomic E-state index is 11.7. The lowest BCUT2D eigenvalue weighted by Crippen LogP contribution is -2.53. The van der Waals surface area contributed by atoms with E-state index in [1.807, 2.05) is 7.05 Å². The molecule has 2 aliphatic heterocycles. The number of rotatable bonds is 3. The number of amides is 1. The van der Waals surface area contributed by atoms with E-state index < -0.39 is 0 Å². The molecule has 0 bridgehead atoms. The number of hydrogen-bond donors (Lipinski definition) is 2. The first-order valence-electron chi connectivity index (χ1n) is 9.66. The van der Waals surface area contributed by atoms with E-state index in [-0.39, 0.29) is 11.3 Å². The Labute approximate surface area is 146 Å². The highest BCUT2D eigenvalue weighted by atomic mass is 16.1. The van der Waals surface area contributed by atoms with E-state index in [0.717, 1.165) is 50.9 Å². The molecule has 0 aromatic rings. The highest BCUT2D eigenvalue weighted by molar-refractivity contribution is 5.81. The zero-order chi connectivity index (χ0) is 17.2. The minimum atomic E-state index is 0.119. The van der Waals surface area contributed by atoms with Crippen LogP contribution >= 0.6 is 0 Å². The smallest absolute Gasteiger partial charge is 0.220 e. The summed E-state index contributed by atoms with van der Waals surface area (Å²) in [6.07, 6.45) is 8.47. The van der Waals surface area contributed by atoms with E-state index in [1.165, 1.54) is 25.7 Å². The molecule has 1 aliphatic carbocycles. The van der Waals surface area contributed by atoms with Crippen molar-refractivity contribution in [2.75, 3.05) is 33.2 Å². The number of piperidine rings is 1. The molecule has 0 aromatic heterocycles. The SMILES string of the molecule is CN=C(NCC(C)(C)C1CCCC1)N1CCCC2(CNC(=O)C2)C1. The molecule has 1 amide bonds. The number of nitrogens with zero attached hydrogens (tertiary/aromatic N) is 2. The topological polar surface area (TPSA) is 56.7 Å². The summed E-state index contributed by atoms with van der Waals surface area (Å²) in [5, 5.41) is 6.67. The minimum absolute atomic E-state index is 0.119. The third-order valence-corrected chi connectivity index (χ3v) is 6.53. The van der Waals surface area contributed by atoms with Crippen LogP contribution in [0.3, 0.4) is 0 Å². The highest BCUT2D eigenvalue weighted by Crippen LogP contribution is 2.39. The molecule has 0 radical (unpaired) electrons. The van der Waals surface area contributed by atoms with Crippen molar-refractivity contribution in [3.63, 3.8) is 0 Å². The lowest BCUT2D eigenvalue weighted by Gasteiger charge is -2.41. The van der Waals surface area contributed by atoms with Crippen LogP contribution in [0.4, 0.5) is 0 Å². The Kier molecular flexibility index (Phi) is 5.07. The summed E-state index contributed by atoms with van der Waals surface area (Å²) < 4.78 is 0. The molecule has 5 nitrogen and oxygen atoms in total. The van der Waals surface area contributed by atoms with Crippen LogP contribution in [-0.4, -0.2) is 50.0 Å². The van der Waals surface area contributed by atoms with Crippen LogP contribution in [-0.2, 0) is 4.79 Å². The zero-order valence-electron chi connectivity index (χ0n) is 15.7. The second-order valence-corrected chi connectivity index (χ2v) is 8.85. The summed E-state index contributed by atoms with van der Waals surface area (Å²) >= 11 is 0. The van der Waals surface area contributed by atoms with Gasteiger partial charge in [0.05, 0.1) is 0 Å². The average molecular weight is 335 g/mol. The predicted octanol–water partition coefficient (Wildman–Crippen LogP) is 2.38. The molecule has 2 heterocycles. The van der Waals surface area contributed by atoms with Crippen molar-refractivity contribution in [1.29, 1.82) is 0 Å². The van der Waals surface area contributed by atoms with E-state index in [1.54, 1.807) is 0 Å². The Morgan fingerprint density at radius 1 is 1.38 bits per heavy atom. The van der Waals surface area contributed by atoms with Gasteiger partial charge in [-0.15, -0.1) is 0 Å². The second kappa shape index (κ2) is 6.93. The van der Waals surface area contributed by atoms with Gasteiger partial charge in [0.2, 0.25) is 5.91 Å². The van der Waals surface area contributed by atoms with Crippen molar-refractivity contribution >= 4 is 11.9 Å². The zero-order valence-corrected chi connectivity index (χ0v) is 15.7. The molecule has 2 saturated heterocycles. The Bertz CT molecular complexity index is 496. The number of likely N-dealkylation sites (tertiary alicyclic amines) is 1. The molecule has 3 aliphatic rings. The molecule has 3 rings (SSSR count). The fourth-order valence-electron chi connectivity index (χ4n) is 4.92. The number of hydrogen-bond acceptors (Lipinski definition) is 2. The summed E-state index contributed by atoms with van der Waals surface area (Å²) in [5.74, 6) is 2.05. The number of carbonyl (C=O) groups is 1. The van der Waals surface area contributed by atoms with Gasteiger partial charge in [0.15, 0.2) is 5.96 Å². The fourth-order valence-corrected chi connectivity index (χ4v) is 4.92. The van der Waals surface area contributed by atoms with Gasteiger partial charge in [0, 0.05) is 45.1 Å². The van der Waals surface area contributed by atoms with E-state index in [0.29, 0.717) is 11.8 Å². The van der Waals surface area contributed by atoms with Gasteiger partial charge in [0.25, 0.3) is 0 Å². The lowest BCUT2D eigenvalue weighted by molar-refractivity contribution is -0.119. The Morgan fingerprint density at radius 3 is 2.75 bits per heavy atom. The molecular formula is C19H34N4O. The Balaban J connectivity index is 1.58. The largest absolute Gasteiger partial charge is 0.356 e. The van der Waals surface area contributed by atoms with Crippen molar-refractivity contribution in [3.05, 3.63) is 0 Å². The normalized spacial score (nSPS) is 29.4. The van der Waals surface area contributed by atoms with E-state index in [4.69, 9.17) is 0 Å². The molecule has 24 heavy (non-hydrogen) atoms. The van der Waals surface area contributed by atoms with Crippen molar-refractivity contribution in [2.45, 2.75) is 58.8 Å². The van der Waals surface area contributed by atoms with Crippen LogP contribution in [0.5, 0.6) is 0 Å². The van der Waals surface area contributed by atoms with Gasteiger partial charge in [-0.2, -0.15) is 0 Å². The molecule has 1 atom stereocenters. The number of aliphatic imine (C=N–C) groups is 1. The Morgan fingerprint density at radius 2 is 2.12 bits per heavy atom. The van der Waals surface area contributed by atoms with Crippen molar-refractivity contribution in [3.8, 4) is 0 Å². The van der Waals surface area contributed by atoms with Crippen LogP contribution in [0.1, 0.15) is 58.8 Å². The van der Waals surface area contributed by atoms with Gasteiger partial charge >= 0.3 is 0 Å². The van der Waals surface area contributed by atoms with Crippen LogP contribution in [0.15, 0.2) is 4.99 Å². The first-order chi connectivity index (χ1) is 11.4. The van der Waals surface area contributed by atoms with Gasteiger partial charge < -0.3 is 15.5 Å². The minimum Gasteiger partial charge on any atom is -0.356 e. The second-order valence-electron chi connectivity index (χ2n) is 8.85. The highest BCUT2D eigenvalue weighted by Gasteiger charge is 2.42. The fraction of sp³-hybridized carbons (Fsp3) is 0.895. The molecule has 1 spiro atoms. The average Bonchev–Trinajstić information content (AvgIpc) is 3.19. The summed E-state index contributed by atoms with van der Waals surface area (Å²) in [5.41, 5.74) is 0.429. The van der Waals surface area contributed by atoms with Crippen LogP contribution in [0.2, 0.25) is 0 Å². The first-order valence-corrected chi connectivity index (χ1v) is 9.66. The number of carbonyl (C=O) groups excluding carboxylic acids is 1. The van der Waals surface area contributed by atoms with Crippen LogP contribution < -0.4 is 10.6 Å². The molecule has 1 saturated carbocycles. The van der Waals surface area contributed by atoms with Gasteiger partial charge in [0.1, 0.15) is 0 Å². The third-order valence-electron chi connectivity index (χ3n) is 6.53. The van der Waals surface area contributed by atoms with E-state index in [2.05, 4.69) is 34.4 Å².